The van der Waals surface area contributed by atoms with Gasteiger partial charge in [-0.2, -0.15) is 4.31 Å². The monoisotopic (exact) mass is 400 g/mol. The molecule has 0 radical (unpaired) electrons. The van der Waals surface area contributed by atoms with Crippen molar-refractivity contribution in [1.82, 2.24) is 9.62 Å². The SMILES string of the molecule is C[C@H](NC(=O)CCc1ccc(S(=O)(=O)N2CCCCC2)cc1)c1ccccc1. The van der Waals surface area contributed by atoms with Crippen LogP contribution in [0.25, 0.3) is 0 Å². The Kier molecular flexibility index (Phi) is 6.86. The van der Waals surface area contributed by atoms with Crippen LogP contribution < -0.4 is 5.32 Å². The molecule has 2 aromatic rings. The number of rotatable bonds is 7. The van der Waals surface area contributed by atoms with E-state index in [9.17, 15) is 13.2 Å². The fourth-order valence-corrected chi connectivity index (χ4v) is 5.00. The van der Waals surface area contributed by atoms with Crippen molar-refractivity contribution in [2.45, 2.75) is 50.0 Å². The largest absolute Gasteiger partial charge is 0.350 e. The number of sulfonamides is 1. The maximum absolute atomic E-state index is 12.7. The number of amides is 1. The zero-order chi connectivity index (χ0) is 20.0. The van der Waals surface area contributed by atoms with Crippen LogP contribution >= 0.6 is 0 Å². The first kappa shape index (κ1) is 20.6. The summed E-state index contributed by atoms with van der Waals surface area (Å²) in [7, 11) is -3.40. The van der Waals surface area contributed by atoms with E-state index in [2.05, 4.69) is 5.32 Å². The fourth-order valence-electron chi connectivity index (χ4n) is 3.48. The molecule has 1 atom stereocenters. The Hall–Kier alpha value is -2.18. The van der Waals surface area contributed by atoms with Crippen molar-refractivity contribution in [1.29, 1.82) is 0 Å². The predicted molar refractivity (Wildman–Crippen MR) is 110 cm³/mol. The van der Waals surface area contributed by atoms with Crippen LogP contribution in [0.4, 0.5) is 0 Å². The quantitative estimate of drug-likeness (QED) is 0.771. The highest BCUT2D eigenvalue weighted by atomic mass is 32.2. The smallest absolute Gasteiger partial charge is 0.243 e. The molecule has 1 aliphatic rings. The Morgan fingerprint density at radius 1 is 1.00 bits per heavy atom. The minimum atomic E-state index is -3.40. The van der Waals surface area contributed by atoms with Gasteiger partial charge in [0, 0.05) is 19.5 Å². The van der Waals surface area contributed by atoms with E-state index >= 15 is 0 Å². The molecule has 0 aliphatic carbocycles. The molecule has 0 aromatic heterocycles. The van der Waals surface area contributed by atoms with E-state index in [1.54, 1.807) is 16.4 Å². The number of aryl methyl sites for hydroxylation is 1. The van der Waals surface area contributed by atoms with Crippen molar-refractivity contribution in [2.24, 2.45) is 0 Å². The number of nitrogens with zero attached hydrogens (tertiary/aromatic N) is 1. The van der Waals surface area contributed by atoms with E-state index in [1.807, 2.05) is 49.4 Å². The fraction of sp³-hybridized carbons (Fsp3) is 0.409. The van der Waals surface area contributed by atoms with E-state index in [4.69, 9.17) is 0 Å². The summed E-state index contributed by atoms with van der Waals surface area (Å²) in [6, 6.07) is 16.7. The Bertz CT molecular complexity index is 874. The van der Waals surface area contributed by atoms with Crippen molar-refractivity contribution in [2.75, 3.05) is 13.1 Å². The molecule has 150 valence electrons. The summed E-state index contributed by atoms with van der Waals surface area (Å²) in [4.78, 5) is 12.6. The van der Waals surface area contributed by atoms with Gasteiger partial charge in [-0.25, -0.2) is 8.42 Å². The maximum atomic E-state index is 12.7. The van der Waals surface area contributed by atoms with E-state index in [-0.39, 0.29) is 11.9 Å². The van der Waals surface area contributed by atoms with Crippen LogP contribution in [0.3, 0.4) is 0 Å². The van der Waals surface area contributed by atoms with Crippen LogP contribution in [0.1, 0.15) is 49.8 Å². The van der Waals surface area contributed by atoms with Crippen LogP contribution in [-0.2, 0) is 21.2 Å². The maximum Gasteiger partial charge on any atom is 0.243 e. The molecule has 6 heteroatoms. The van der Waals surface area contributed by atoms with Gasteiger partial charge in [0.05, 0.1) is 10.9 Å². The number of hydrogen-bond donors (Lipinski definition) is 1. The number of carbonyl (C=O) groups excluding carboxylic acids is 1. The van der Waals surface area contributed by atoms with Crippen LogP contribution in [0.15, 0.2) is 59.5 Å². The molecule has 1 saturated heterocycles. The summed E-state index contributed by atoms with van der Waals surface area (Å²) in [5, 5.41) is 3.00. The molecule has 1 N–H and O–H groups in total. The summed E-state index contributed by atoms with van der Waals surface area (Å²) in [5.41, 5.74) is 2.03. The lowest BCUT2D eigenvalue weighted by Crippen LogP contribution is -2.35. The Balaban J connectivity index is 1.53. The van der Waals surface area contributed by atoms with Gasteiger partial charge in [-0.15, -0.1) is 0 Å². The minimum Gasteiger partial charge on any atom is -0.350 e. The van der Waals surface area contributed by atoms with E-state index < -0.39 is 10.0 Å². The predicted octanol–water partition coefficient (Wildman–Crippen LogP) is 3.67. The molecule has 1 heterocycles. The van der Waals surface area contributed by atoms with E-state index in [0.717, 1.165) is 30.4 Å². The minimum absolute atomic E-state index is 0.0126. The zero-order valence-electron chi connectivity index (χ0n) is 16.3. The third kappa shape index (κ3) is 5.20. The second-order valence-corrected chi connectivity index (χ2v) is 9.25. The van der Waals surface area contributed by atoms with Gasteiger partial charge in [-0.3, -0.25) is 4.79 Å². The molecule has 1 amide bonds. The standard InChI is InChI=1S/C22H28N2O3S/c1-18(20-8-4-2-5-9-20)23-22(25)15-12-19-10-13-21(14-11-19)28(26,27)24-16-6-3-7-17-24/h2,4-5,8-11,13-14,18H,3,6-7,12,15-17H2,1H3,(H,23,25)/t18-/m0/s1. The lowest BCUT2D eigenvalue weighted by Gasteiger charge is -2.25. The van der Waals surface area contributed by atoms with Gasteiger partial charge in [-0.05, 0) is 49.4 Å². The molecular weight excluding hydrogens is 372 g/mol. The third-order valence-corrected chi connectivity index (χ3v) is 7.11. The molecule has 0 saturated carbocycles. The van der Waals surface area contributed by atoms with Crippen LogP contribution in [0, 0.1) is 0 Å². The van der Waals surface area contributed by atoms with Crippen LogP contribution in [-0.4, -0.2) is 31.7 Å². The summed E-state index contributed by atoms with van der Waals surface area (Å²) in [6.07, 6.45) is 3.89. The summed E-state index contributed by atoms with van der Waals surface area (Å²) in [5.74, 6) is -0.0126. The van der Waals surface area contributed by atoms with Crippen molar-refractivity contribution in [3.63, 3.8) is 0 Å². The highest BCUT2D eigenvalue weighted by molar-refractivity contribution is 7.89. The molecule has 0 spiro atoms. The lowest BCUT2D eigenvalue weighted by atomic mass is 10.1. The van der Waals surface area contributed by atoms with E-state index in [0.29, 0.717) is 30.8 Å². The molecule has 0 unspecified atom stereocenters. The second-order valence-electron chi connectivity index (χ2n) is 7.31. The van der Waals surface area contributed by atoms with Gasteiger partial charge in [0.2, 0.25) is 15.9 Å². The van der Waals surface area contributed by atoms with Crippen molar-refractivity contribution < 1.29 is 13.2 Å². The lowest BCUT2D eigenvalue weighted by molar-refractivity contribution is -0.121. The molecule has 5 nitrogen and oxygen atoms in total. The normalized spacial score (nSPS) is 16.5. The number of piperidine rings is 1. The first-order valence-electron chi connectivity index (χ1n) is 9.90. The molecule has 3 rings (SSSR count). The average molecular weight is 401 g/mol. The van der Waals surface area contributed by atoms with Gasteiger partial charge >= 0.3 is 0 Å². The number of hydrogen-bond acceptors (Lipinski definition) is 3. The Morgan fingerprint density at radius 2 is 1.64 bits per heavy atom. The van der Waals surface area contributed by atoms with Gasteiger partial charge in [0.25, 0.3) is 0 Å². The van der Waals surface area contributed by atoms with E-state index in [1.165, 1.54) is 0 Å². The Morgan fingerprint density at radius 3 is 2.29 bits per heavy atom. The molecule has 28 heavy (non-hydrogen) atoms. The first-order valence-corrected chi connectivity index (χ1v) is 11.3. The first-order chi connectivity index (χ1) is 13.5. The van der Waals surface area contributed by atoms with Crippen LogP contribution in [0.2, 0.25) is 0 Å². The number of nitrogens with one attached hydrogen (secondary N) is 1. The molecule has 1 aliphatic heterocycles. The number of carbonyl (C=O) groups is 1. The number of benzene rings is 2. The topological polar surface area (TPSA) is 66.5 Å². The van der Waals surface area contributed by atoms with Crippen molar-refractivity contribution in [3.8, 4) is 0 Å². The molecule has 2 aromatic carbocycles. The molecule has 1 fully saturated rings. The Labute approximate surface area is 167 Å². The van der Waals surface area contributed by atoms with Crippen LogP contribution in [0.5, 0.6) is 0 Å². The van der Waals surface area contributed by atoms with Gasteiger partial charge in [0.1, 0.15) is 0 Å². The summed E-state index contributed by atoms with van der Waals surface area (Å²) < 4.78 is 26.9. The average Bonchev–Trinajstić information content (AvgIpc) is 2.74. The molecule has 0 bridgehead atoms. The highest BCUT2D eigenvalue weighted by Gasteiger charge is 2.25. The third-order valence-electron chi connectivity index (χ3n) is 5.19. The van der Waals surface area contributed by atoms with Crippen molar-refractivity contribution in [3.05, 3.63) is 65.7 Å². The summed E-state index contributed by atoms with van der Waals surface area (Å²) in [6.45, 7) is 3.17. The van der Waals surface area contributed by atoms with Gasteiger partial charge in [-0.1, -0.05) is 48.9 Å². The van der Waals surface area contributed by atoms with Gasteiger partial charge < -0.3 is 5.32 Å². The van der Waals surface area contributed by atoms with Crippen molar-refractivity contribution >= 4 is 15.9 Å². The second kappa shape index (κ2) is 9.34. The summed E-state index contributed by atoms with van der Waals surface area (Å²) >= 11 is 0. The highest BCUT2D eigenvalue weighted by Crippen LogP contribution is 2.21. The van der Waals surface area contributed by atoms with Gasteiger partial charge in [0.15, 0.2) is 0 Å². The zero-order valence-corrected chi connectivity index (χ0v) is 17.1. The molecular formula is C22H28N2O3S.